The number of benzene rings is 1. The predicted octanol–water partition coefficient (Wildman–Crippen LogP) is 3.65. The lowest BCUT2D eigenvalue weighted by Crippen LogP contribution is -2.17. The summed E-state index contributed by atoms with van der Waals surface area (Å²) in [7, 11) is 0. The molecule has 1 aromatic rings. The first-order valence-electron chi connectivity index (χ1n) is 7.46. The lowest BCUT2D eigenvalue weighted by atomic mass is 10.1. The Balaban J connectivity index is 1.62. The maximum Gasteiger partial charge on any atom is 0.165 e. The maximum atomic E-state index is 13.9. The highest BCUT2D eigenvalue weighted by Crippen LogP contribution is 2.29. The Morgan fingerprint density at radius 2 is 1.95 bits per heavy atom. The Bertz CT molecular complexity index is 425. The molecule has 0 spiro atoms. The molecule has 0 unspecified atom stereocenters. The van der Waals surface area contributed by atoms with Gasteiger partial charge in [0.2, 0.25) is 0 Å². The summed E-state index contributed by atoms with van der Waals surface area (Å²) in [4.78, 5) is 0. The minimum atomic E-state index is -0.229. The predicted molar refractivity (Wildman–Crippen MR) is 73.7 cm³/mol. The molecule has 19 heavy (non-hydrogen) atoms. The van der Waals surface area contributed by atoms with Crippen LogP contribution in [0.4, 0.5) is 4.39 Å². The van der Waals surface area contributed by atoms with E-state index < -0.39 is 0 Å². The molecule has 0 aliphatic heterocycles. The number of rotatable bonds is 6. The van der Waals surface area contributed by atoms with Gasteiger partial charge in [-0.2, -0.15) is 0 Å². The van der Waals surface area contributed by atoms with Gasteiger partial charge in [0.05, 0.1) is 6.61 Å². The number of ether oxygens (including phenoxy) is 1. The second-order valence-electron chi connectivity index (χ2n) is 5.84. The lowest BCUT2D eigenvalue weighted by molar-refractivity contribution is 0.239. The van der Waals surface area contributed by atoms with Crippen molar-refractivity contribution in [2.24, 2.45) is 5.92 Å². The summed E-state index contributed by atoms with van der Waals surface area (Å²) in [6.07, 6.45) is 7.53. The fourth-order valence-electron chi connectivity index (χ4n) is 2.77. The van der Waals surface area contributed by atoms with Gasteiger partial charge in [0.15, 0.2) is 11.6 Å². The Morgan fingerprint density at radius 3 is 2.68 bits per heavy atom. The minimum absolute atomic E-state index is 0.229. The number of hydrogen-bond donors (Lipinski definition) is 1. The summed E-state index contributed by atoms with van der Waals surface area (Å²) in [6, 6.07) is 5.85. The SMILES string of the molecule is Fc1cccc(CNC2CC2)c1OCC1CCCC1. The van der Waals surface area contributed by atoms with Gasteiger partial charge in [-0.15, -0.1) is 0 Å². The van der Waals surface area contributed by atoms with Crippen LogP contribution in [-0.4, -0.2) is 12.6 Å². The van der Waals surface area contributed by atoms with Crippen LogP contribution in [0.1, 0.15) is 44.1 Å². The van der Waals surface area contributed by atoms with E-state index in [9.17, 15) is 4.39 Å². The molecule has 0 atom stereocenters. The minimum Gasteiger partial charge on any atom is -0.490 e. The Hall–Kier alpha value is -1.09. The van der Waals surface area contributed by atoms with Crippen LogP contribution >= 0.6 is 0 Å². The average Bonchev–Trinajstić information content (AvgIpc) is 3.10. The van der Waals surface area contributed by atoms with Crippen LogP contribution in [0.3, 0.4) is 0 Å². The van der Waals surface area contributed by atoms with Crippen molar-refractivity contribution in [3.63, 3.8) is 0 Å². The van der Waals surface area contributed by atoms with Crippen LogP contribution < -0.4 is 10.1 Å². The number of hydrogen-bond acceptors (Lipinski definition) is 2. The van der Waals surface area contributed by atoms with Crippen LogP contribution in [0.2, 0.25) is 0 Å². The quantitative estimate of drug-likeness (QED) is 0.846. The third kappa shape index (κ3) is 3.47. The first-order chi connectivity index (χ1) is 9.33. The van der Waals surface area contributed by atoms with Crippen molar-refractivity contribution in [3.05, 3.63) is 29.6 Å². The Labute approximate surface area is 114 Å². The molecule has 2 nitrogen and oxygen atoms in total. The van der Waals surface area contributed by atoms with Crippen molar-refractivity contribution < 1.29 is 9.13 Å². The summed E-state index contributed by atoms with van der Waals surface area (Å²) in [6.45, 7) is 1.37. The van der Waals surface area contributed by atoms with Crippen LogP contribution in [-0.2, 0) is 6.54 Å². The highest BCUT2D eigenvalue weighted by Gasteiger charge is 2.22. The normalized spacial score (nSPS) is 19.8. The van der Waals surface area contributed by atoms with Crippen molar-refractivity contribution in [3.8, 4) is 5.75 Å². The van der Waals surface area contributed by atoms with Gasteiger partial charge in [0, 0.05) is 18.2 Å². The summed E-state index contributed by atoms with van der Waals surface area (Å²) >= 11 is 0. The summed E-state index contributed by atoms with van der Waals surface area (Å²) < 4.78 is 19.7. The fourth-order valence-corrected chi connectivity index (χ4v) is 2.77. The van der Waals surface area contributed by atoms with E-state index >= 15 is 0 Å². The van der Waals surface area contributed by atoms with E-state index in [0.29, 0.717) is 30.9 Å². The van der Waals surface area contributed by atoms with E-state index in [2.05, 4.69) is 5.32 Å². The Kier molecular flexibility index (Phi) is 4.02. The van der Waals surface area contributed by atoms with Gasteiger partial charge in [-0.1, -0.05) is 25.0 Å². The molecule has 0 heterocycles. The van der Waals surface area contributed by atoms with E-state index in [1.54, 1.807) is 6.07 Å². The zero-order valence-corrected chi connectivity index (χ0v) is 11.3. The molecule has 0 bridgehead atoms. The van der Waals surface area contributed by atoms with E-state index in [4.69, 9.17) is 4.74 Å². The molecule has 2 fully saturated rings. The monoisotopic (exact) mass is 263 g/mol. The van der Waals surface area contributed by atoms with Gasteiger partial charge in [-0.3, -0.25) is 0 Å². The summed E-state index contributed by atoms with van der Waals surface area (Å²) in [5.41, 5.74) is 0.949. The molecule has 1 N–H and O–H groups in total. The van der Waals surface area contributed by atoms with Crippen molar-refractivity contribution in [2.75, 3.05) is 6.61 Å². The van der Waals surface area contributed by atoms with Gasteiger partial charge < -0.3 is 10.1 Å². The van der Waals surface area contributed by atoms with E-state index in [-0.39, 0.29) is 5.82 Å². The molecule has 2 aliphatic rings. The third-order valence-corrected chi connectivity index (χ3v) is 4.15. The third-order valence-electron chi connectivity index (χ3n) is 4.15. The standard InChI is InChI=1S/C16H22FNO/c17-15-7-3-6-13(10-18-14-8-9-14)16(15)19-11-12-4-1-2-5-12/h3,6-7,12,14,18H,1-2,4-5,8-11H2. The maximum absolute atomic E-state index is 13.9. The molecule has 3 rings (SSSR count). The molecule has 3 heteroatoms. The molecule has 0 saturated heterocycles. The summed E-state index contributed by atoms with van der Waals surface area (Å²) in [5.74, 6) is 0.847. The van der Waals surface area contributed by atoms with Crippen LogP contribution in [0.25, 0.3) is 0 Å². The molecule has 104 valence electrons. The van der Waals surface area contributed by atoms with Crippen LogP contribution in [0.5, 0.6) is 5.75 Å². The van der Waals surface area contributed by atoms with E-state index in [1.807, 2.05) is 6.07 Å². The fraction of sp³-hybridized carbons (Fsp3) is 0.625. The van der Waals surface area contributed by atoms with Crippen molar-refractivity contribution in [2.45, 2.75) is 51.1 Å². The van der Waals surface area contributed by atoms with Gasteiger partial charge in [-0.25, -0.2) is 4.39 Å². The first kappa shape index (κ1) is 12.9. The zero-order chi connectivity index (χ0) is 13.1. The number of halogens is 1. The van der Waals surface area contributed by atoms with Gasteiger partial charge >= 0.3 is 0 Å². The number of nitrogens with one attached hydrogen (secondary N) is 1. The van der Waals surface area contributed by atoms with E-state index in [0.717, 1.165) is 5.56 Å². The van der Waals surface area contributed by atoms with Gasteiger partial charge in [0.25, 0.3) is 0 Å². The molecule has 0 amide bonds. The Morgan fingerprint density at radius 1 is 1.16 bits per heavy atom. The molecular formula is C16H22FNO. The van der Waals surface area contributed by atoms with Crippen molar-refractivity contribution >= 4 is 0 Å². The highest BCUT2D eigenvalue weighted by molar-refractivity contribution is 5.35. The highest BCUT2D eigenvalue weighted by atomic mass is 19.1. The second-order valence-corrected chi connectivity index (χ2v) is 5.84. The second kappa shape index (κ2) is 5.91. The molecule has 1 aromatic carbocycles. The van der Waals surface area contributed by atoms with Crippen molar-refractivity contribution in [1.82, 2.24) is 5.32 Å². The average molecular weight is 263 g/mol. The van der Waals surface area contributed by atoms with E-state index in [1.165, 1.54) is 44.6 Å². The molecular weight excluding hydrogens is 241 g/mol. The largest absolute Gasteiger partial charge is 0.490 e. The number of para-hydroxylation sites is 1. The van der Waals surface area contributed by atoms with Crippen molar-refractivity contribution in [1.29, 1.82) is 0 Å². The van der Waals surface area contributed by atoms with Gasteiger partial charge in [0.1, 0.15) is 0 Å². The zero-order valence-electron chi connectivity index (χ0n) is 11.3. The topological polar surface area (TPSA) is 21.3 Å². The molecule has 2 saturated carbocycles. The molecule has 0 aromatic heterocycles. The first-order valence-corrected chi connectivity index (χ1v) is 7.46. The van der Waals surface area contributed by atoms with Crippen LogP contribution in [0.15, 0.2) is 18.2 Å². The molecule has 2 aliphatic carbocycles. The lowest BCUT2D eigenvalue weighted by Gasteiger charge is -2.15. The van der Waals surface area contributed by atoms with Crippen LogP contribution in [0, 0.1) is 11.7 Å². The summed E-state index contributed by atoms with van der Waals surface area (Å²) in [5, 5.41) is 3.42. The van der Waals surface area contributed by atoms with Gasteiger partial charge in [-0.05, 0) is 37.7 Å². The molecule has 0 radical (unpaired) electrons. The smallest absolute Gasteiger partial charge is 0.165 e.